The Morgan fingerprint density at radius 1 is 1.35 bits per heavy atom. The fourth-order valence-corrected chi connectivity index (χ4v) is 2.37. The van der Waals surface area contributed by atoms with E-state index in [0.717, 1.165) is 36.6 Å². The number of hydrogen-bond acceptors (Lipinski definition) is 4. The Hall–Kier alpha value is -1.26. The van der Waals surface area contributed by atoms with Crippen molar-refractivity contribution >= 4 is 0 Å². The van der Waals surface area contributed by atoms with Gasteiger partial charge in [-0.2, -0.15) is 0 Å². The molecule has 0 bridgehead atoms. The predicted molar refractivity (Wildman–Crippen MR) is 63.2 cm³/mol. The Labute approximate surface area is 101 Å². The number of benzene rings is 1. The van der Waals surface area contributed by atoms with Crippen molar-refractivity contribution in [2.75, 3.05) is 13.4 Å². The molecular weight excluding hydrogens is 218 g/mol. The van der Waals surface area contributed by atoms with Crippen molar-refractivity contribution in [3.05, 3.63) is 23.8 Å². The number of rotatable bonds is 3. The first-order valence-corrected chi connectivity index (χ1v) is 6.07. The molecule has 2 unspecified atom stereocenters. The minimum Gasteiger partial charge on any atom is -0.454 e. The molecule has 1 fully saturated rings. The molecule has 3 rings (SSSR count). The zero-order valence-electron chi connectivity index (χ0n) is 9.94. The molecule has 4 heteroatoms. The molecule has 0 aromatic heterocycles. The van der Waals surface area contributed by atoms with Crippen LogP contribution < -0.4 is 14.8 Å². The van der Waals surface area contributed by atoms with Crippen LogP contribution in [-0.4, -0.2) is 25.5 Å². The summed E-state index contributed by atoms with van der Waals surface area (Å²) < 4.78 is 16.4. The molecule has 2 aliphatic heterocycles. The Kier molecular flexibility index (Phi) is 2.91. The van der Waals surface area contributed by atoms with Crippen LogP contribution in [0.15, 0.2) is 18.2 Å². The zero-order chi connectivity index (χ0) is 11.7. The van der Waals surface area contributed by atoms with Crippen molar-refractivity contribution in [1.29, 1.82) is 0 Å². The maximum absolute atomic E-state index is 5.53. The van der Waals surface area contributed by atoms with Crippen molar-refractivity contribution < 1.29 is 14.2 Å². The van der Waals surface area contributed by atoms with Gasteiger partial charge in [0.25, 0.3) is 0 Å². The highest BCUT2D eigenvalue weighted by atomic mass is 16.7. The number of ether oxygens (including phenoxy) is 3. The summed E-state index contributed by atoms with van der Waals surface area (Å²) in [5.74, 6) is 1.73. The normalized spacial score (nSPS) is 26.4. The van der Waals surface area contributed by atoms with Gasteiger partial charge in [0.2, 0.25) is 6.79 Å². The molecule has 0 aliphatic carbocycles. The van der Waals surface area contributed by atoms with E-state index in [2.05, 4.69) is 18.3 Å². The van der Waals surface area contributed by atoms with E-state index in [9.17, 15) is 0 Å². The highest BCUT2D eigenvalue weighted by Crippen LogP contribution is 2.35. The van der Waals surface area contributed by atoms with Crippen LogP contribution in [0.2, 0.25) is 0 Å². The smallest absolute Gasteiger partial charge is 0.231 e. The largest absolute Gasteiger partial charge is 0.454 e. The van der Waals surface area contributed by atoms with Gasteiger partial charge < -0.3 is 19.5 Å². The molecule has 2 atom stereocenters. The lowest BCUT2D eigenvalue weighted by atomic mass is 10.1. The molecule has 2 heterocycles. The van der Waals surface area contributed by atoms with Crippen molar-refractivity contribution in [2.24, 2.45) is 0 Å². The Balaban J connectivity index is 1.67. The minimum absolute atomic E-state index is 0.295. The van der Waals surface area contributed by atoms with Gasteiger partial charge in [-0.15, -0.1) is 0 Å². The van der Waals surface area contributed by atoms with Gasteiger partial charge in [-0.05, 0) is 19.4 Å². The van der Waals surface area contributed by atoms with E-state index < -0.39 is 0 Å². The third-order valence-corrected chi connectivity index (χ3v) is 3.41. The van der Waals surface area contributed by atoms with Gasteiger partial charge in [0.1, 0.15) is 0 Å². The lowest BCUT2D eigenvalue weighted by Gasteiger charge is -2.16. The van der Waals surface area contributed by atoms with Gasteiger partial charge in [-0.1, -0.05) is 12.1 Å². The van der Waals surface area contributed by atoms with E-state index in [1.807, 2.05) is 12.1 Å². The van der Waals surface area contributed by atoms with Crippen LogP contribution in [0.3, 0.4) is 0 Å². The second-order valence-corrected chi connectivity index (χ2v) is 4.50. The molecule has 17 heavy (non-hydrogen) atoms. The van der Waals surface area contributed by atoms with Crippen LogP contribution >= 0.6 is 0 Å². The molecule has 0 saturated carbocycles. The van der Waals surface area contributed by atoms with E-state index in [0.29, 0.717) is 18.9 Å². The van der Waals surface area contributed by atoms with Crippen LogP contribution in [-0.2, 0) is 11.3 Å². The van der Waals surface area contributed by atoms with E-state index in [1.54, 1.807) is 0 Å². The van der Waals surface area contributed by atoms with Gasteiger partial charge in [-0.25, -0.2) is 0 Å². The molecule has 0 radical (unpaired) electrons. The molecule has 1 aromatic carbocycles. The van der Waals surface area contributed by atoms with E-state index in [-0.39, 0.29) is 0 Å². The second kappa shape index (κ2) is 4.55. The Morgan fingerprint density at radius 2 is 2.29 bits per heavy atom. The quantitative estimate of drug-likeness (QED) is 0.865. The topological polar surface area (TPSA) is 39.7 Å². The van der Waals surface area contributed by atoms with Crippen LogP contribution in [0.1, 0.15) is 18.9 Å². The zero-order valence-corrected chi connectivity index (χ0v) is 9.94. The van der Waals surface area contributed by atoms with Gasteiger partial charge in [0.15, 0.2) is 11.5 Å². The molecule has 1 aromatic rings. The summed E-state index contributed by atoms with van der Waals surface area (Å²) >= 11 is 0. The van der Waals surface area contributed by atoms with Crippen molar-refractivity contribution in [2.45, 2.75) is 32.0 Å². The summed E-state index contributed by atoms with van der Waals surface area (Å²) in [5, 5.41) is 3.52. The molecule has 0 amide bonds. The first-order chi connectivity index (χ1) is 8.34. The van der Waals surface area contributed by atoms with E-state index in [1.165, 1.54) is 0 Å². The van der Waals surface area contributed by atoms with Gasteiger partial charge in [-0.3, -0.25) is 0 Å². The molecule has 4 nitrogen and oxygen atoms in total. The van der Waals surface area contributed by atoms with Crippen molar-refractivity contribution in [3.8, 4) is 11.5 Å². The number of fused-ring (bicyclic) bond motifs is 1. The third-order valence-electron chi connectivity index (χ3n) is 3.41. The first kappa shape index (κ1) is 10.9. The molecule has 1 saturated heterocycles. The maximum atomic E-state index is 5.53. The summed E-state index contributed by atoms with van der Waals surface area (Å²) in [7, 11) is 0. The molecule has 92 valence electrons. The summed E-state index contributed by atoms with van der Waals surface area (Å²) in [6.07, 6.45) is 1.37. The molecule has 1 N–H and O–H groups in total. The highest BCUT2D eigenvalue weighted by Gasteiger charge is 2.24. The van der Waals surface area contributed by atoms with Gasteiger partial charge >= 0.3 is 0 Å². The van der Waals surface area contributed by atoms with Crippen LogP contribution in [0, 0.1) is 0 Å². The van der Waals surface area contributed by atoms with Gasteiger partial charge in [0, 0.05) is 24.8 Å². The SMILES string of the molecule is CC1OCCC1NCc1cccc2c1OCO2. The maximum Gasteiger partial charge on any atom is 0.231 e. The average Bonchev–Trinajstić information content (AvgIpc) is 2.95. The minimum atomic E-state index is 0.295. The lowest BCUT2D eigenvalue weighted by molar-refractivity contribution is 0.113. The average molecular weight is 235 g/mol. The lowest BCUT2D eigenvalue weighted by Crippen LogP contribution is -2.34. The molecular formula is C13H17NO3. The monoisotopic (exact) mass is 235 g/mol. The third kappa shape index (κ3) is 2.10. The molecule has 0 spiro atoms. The van der Waals surface area contributed by atoms with Gasteiger partial charge in [0.05, 0.1) is 6.10 Å². The van der Waals surface area contributed by atoms with E-state index >= 15 is 0 Å². The van der Waals surface area contributed by atoms with Crippen LogP contribution in [0.4, 0.5) is 0 Å². The second-order valence-electron chi connectivity index (χ2n) is 4.50. The summed E-state index contributed by atoms with van der Waals surface area (Å²) in [5.41, 5.74) is 1.15. The highest BCUT2D eigenvalue weighted by molar-refractivity contribution is 5.48. The number of para-hydroxylation sites is 1. The summed E-state index contributed by atoms with van der Waals surface area (Å²) in [4.78, 5) is 0. The van der Waals surface area contributed by atoms with Crippen molar-refractivity contribution in [1.82, 2.24) is 5.32 Å². The number of hydrogen-bond donors (Lipinski definition) is 1. The summed E-state index contributed by atoms with van der Waals surface area (Å²) in [6, 6.07) is 6.45. The molecule has 2 aliphatic rings. The Bertz CT molecular complexity index is 408. The predicted octanol–water partition coefficient (Wildman–Crippen LogP) is 1.68. The van der Waals surface area contributed by atoms with E-state index in [4.69, 9.17) is 14.2 Å². The fourth-order valence-electron chi connectivity index (χ4n) is 2.37. The van der Waals surface area contributed by atoms with Crippen LogP contribution in [0.5, 0.6) is 11.5 Å². The van der Waals surface area contributed by atoms with Crippen LogP contribution in [0.25, 0.3) is 0 Å². The standard InChI is InChI=1S/C13H17NO3/c1-9-11(5-6-15-9)14-7-10-3-2-4-12-13(10)17-8-16-12/h2-4,9,11,14H,5-8H2,1H3. The Morgan fingerprint density at radius 3 is 3.12 bits per heavy atom. The first-order valence-electron chi connectivity index (χ1n) is 6.07. The van der Waals surface area contributed by atoms with Crippen molar-refractivity contribution in [3.63, 3.8) is 0 Å². The fraction of sp³-hybridized carbons (Fsp3) is 0.538. The number of nitrogens with one attached hydrogen (secondary N) is 1. The summed E-state index contributed by atoms with van der Waals surface area (Å²) in [6.45, 7) is 4.09.